The molecule has 0 fully saturated rings. The van der Waals surface area contributed by atoms with E-state index in [4.69, 9.17) is 0 Å². The molecule has 0 aliphatic heterocycles. The predicted octanol–water partition coefficient (Wildman–Crippen LogP) is 3.17. The summed E-state index contributed by atoms with van der Waals surface area (Å²) in [5.41, 5.74) is 1.37. The number of aliphatic imine (C=N–C) groups is 1. The minimum Gasteiger partial charge on any atom is -0.269 e. The second kappa shape index (κ2) is 6.53. The zero-order chi connectivity index (χ0) is 7.82. The van der Waals surface area contributed by atoms with Crippen molar-refractivity contribution in [2.75, 3.05) is 0 Å². The maximum atomic E-state index is 4.04. The molecule has 0 saturated heterocycles. The number of allylic oxidation sites excluding steroid dienone is 1. The molecule has 0 spiro atoms. The fraction of sp³-hybridized carbons (Fsp3) is 0.667. The smallest absolute Gasteiger partial charge is 0.0252 e. The van der Waals surface area contributed by atoms with Crippen molar-refractivity contribution < 1.29 is 0 Å². The zero-order valence-corrected chi connectivity index (χ0v) is 7.22. The molecule has 1 nitrogen and oxygen atoms in total. The summed E-state index contributed by atoms with van der Waals surface area (Å²) in [5, 5.41) is 0. The van der Waals surface area contributed by atoms with E-state index in [1.807, 2.05) is 19.3 Å². The van der Waals surface area contributed by atoms with E-state index in [2.05, 4.69) is 18.8 Å². The number of nitrogens with zero attached hydrogens (tertiary/aromatic N) is 1. The fourth-order valence-electron chi connectivity index (χ4n) is 0.722. The third-order valence-corrected chi connectivity index (χ3v) is 1.37. The Labute approximate surface area is 63.9 Å². The van der Waals surface area contributed by atoms with Crippen molar-refractivity contribution >= 4 is 6.21 Å². The topological polar surface area (TPSA) is 12.4 Å². The molecular formula is C9H17N. The van der Waals surface area contributed by atoms with Gasteiger partial charge in [0.1, 0.15) is 0 Å². The molecule has 0 atom stereocenters. The molecule has 0 amide bonds. The first kappa shape index (κ1) is 9.41. The second-order valence-corrected chi connectivity index (χ2v) is 2.49. The second-order valence-electron chi connectivity index (χ2n) is 2.49. The predicted molar refractivity (Wildman–Crippen MR) is 47.4 cm³/mol. The summed E-state index contributed by atoms with van der Waals surface area (Å²) in [6.07, 6.45) is 7.49. The van der Waals surface area contributed by atoms with Crippen molar-refractivity contribution in [3.63, 3.8) is 0 Å². The summed E-state index contributed by atoms with van der Waals surface area (Å²) in [4.78, 5) is 4.04. The normalized spacial score (nSPS) is 12.9. The lowest BCUT2D eigenvalue weighted by molar-refractivity contribution is 0.786. The largest absolute Gasteiger partial charge is 0.269 e. The van der Waals surface area contributed by atoms with Gasteiger partial charge < -0.3 is 0 Å². The highest BCUT2D eigenvalue weighted by atomic mass is 14.7. The molecule has 0 rings (SSSR count). The van der Waals surface area contributed by atoms with Crippen LogP contribution < -0.4 is 0 Å². The van der Waals surface area contributed by atoms with Crippen LogP contribution in [-0.2, 0) is 0 Å². The van der Waals surface area contributed by atoms with Crippen LogP contribution in [0.5, 0.6) is 0 Å². The van der Waals surface area contributed by atoms with E-state index < -0.39 is 0 Å². The molecule has 0 heterocycles. The molecule has 0 aromatic heterocycles. The molecule has 0 unspecified atom stereocenters. The van der Waals surface area contributed by atoms with Crippen molar-refractivity contribution in [2.45, 2.75) is 40.0 Å². The number of hydrogen-bond acceptors (Lipinski definition) is 1. The van der Waals surface area contributed by atoms with Crippen LogP contribution in [0.3, 0.4) is 0 Å². The van der Waals surface area contributed by atoms with Gasteiger partial charge in [0.15, 0.2) is 0 Å². The molecule has 1 heteroatoms. The Bertz CT molecular complexity index is 123. The Morgan fingerprint density at radius 2 is 2.20 bits per heavy atom. The van der Waals surface area contributed by atoms with E-state index in [9.17, 15) is 0 Å². The molecule has 10 heavy (non-hydrogen) atoms. The molecule has 58 valence electrons. The van der Waals surface area contributed by atoms with Crippen LogP contribution in [0.25, 0.3) is 0 Å². The van der Waals surface area contributed by atoms with Gasteiger partial charge in [-0.1, -0.05) is 18.9 Å². The number of unbranched alkanes of at least 4 members (excludes halogenated alkanes) is 1. The van der Waals surface area contributed by atoms with Gasteiger partial charge in [-0.05, 0) is 26.7 Å². The first-order chi connectivity index (χ1) is 4.81. The van der Waals surface area contributed by atoms with Gasteiger partial charge in [0.25, 0.3) is 0 Å². The molecular weight excluding hydrogens is 122 g/mol. The number of hydrogen-bond donors (Lipinski definition) is 0. The molecule has 0 aromatic rings. The van der Waals surface area contributed by atoms with Crippen molar-refractivity contribution in [1.82, 2.24) is 0 Å². The van der Waals surface area contributed by atoms with Crippen LogP contribution in [0.1, 0.15) is 40.0 Å². The summed E-state index contributed by atoms with van der Waals surface area (Å²) in [7, 11) is 0. The fourth-order valence-corrected chi connectivity index (χ4v) is 0.722. The van der Waals surface area contributed by atoms with Gasteiger partial charge in [0.2, 0.25) is 0 Å². The van der Waals surface area contributed by atoms with E-state index in [1.54, 1.807) is 0 Å². The third kappa shape index (κ3) is 5.54. The van der Waals surface area contributed by atoms with Gasteiger partial charge in [-0.3, -0.25) is 4.99 Å². The van der Waals surface area contributed by atoms with Crippen LogP contribution in [0.15, 0.2) is 16.8 Å². The maximum Gasteiger partial charge on any atom is 0.0252 e. The first-order valence-electron chi connectivity index (χ1n) is 3.94. The average molecular weight is 139 g/mol. The van der Waals surface area contributed by atoms with Crippen molar-refractivity contribution in [2.24, 2.45) is 4.99 Å². The summed E-state index contributed by atoms with van der Waals surface area (Å²) >= 11 is 0. The highest BCUT2D eigenvalue weighted by Crippen LogP contribution is 2.05. The Hall–Kier alpha value is -0.590. The van der Waals surface area contributed by atoms with Gasteiger partial charge >= 0.3 is 0 Å². The molecule has 0 saturated carbocycles. The SMILES string of the molecule is CC=N/C=C(\C)CCCC. The van der Waals surface area contributed by atoms with E-state index in [0.717, 1.165) is 0 Å². The molecule has 0 aliphatic carbocycles. The highest BCUT2D eigenvalue weighted by molar-refractivity contribution is 5.54. The van der Waals surface area contributed by atoms with Crippen molar-refractivity contribution in [3.8, 4) is 0 Å². The Morgan fingerprint density at radius 1 is 1.50 bits per heavy atom. The highest BCUT2D eigenvalue weighted by Gasteiger charge is 1.85. The lowest BCUT2D eigenvalue weighted by Crippen LogP contribution is -1.75. The summed E-state index contributed by atoms with van der Waals surface area (Å²) in [5.74, 6) is 0. The van der Waals surface area contributed by atoms with Crippen LogP contribution in [0.4, 0.5) is 0 Å². The zero-order valence-electron chi connectivity index (χ0n) is 7.22. The summed E-state index contributed by atoms with van der Waals surface area (Å²) in [6.45, 7) is 6.27. The van der Waals surface area contributed by atoms with Crippen LogP contribution in [0, 0.1) is 0 Å². The molecule has 0 aromatic carbocycles. The lowest BCUT2D eigenvalue weighted by Gasteiger charge is -1.94. The van der Waals surface area contributed by atoms with Gasteiger partial charge in [-0.25, -0.2) is 0 Å². The molecule has 0 radical (unpaired) electrons. The Balaban J connectivity index is 3.49. The Morgan fingerprint density at radius 3 is 2.70 bits per heavy atom. The van der Waals surface area contributed by atoms with Gasteiger partial charge in [0.05, 0.1) is 0 Å². The minimum absolute atomic E-state index is 1.19. The van der Waals surface area contributed by atoms with Crippen LogP contribution in [-0.4, -0.2) is 6.21 Å². The van der Waals surface area contributed by atoms with E-state index in [-0.39, 0.29) is 0 Å². The third-order valence-electron chi connectivity index (χ3n) is 1.37. The van der Waals surface area contributed by atoms with Crippen LogP contribution >= 0.6 is 0 Å². The van der Waals surface area contributed by atoms with Gasteiger partial charge in [-0.2, -0.15) is 0 Å². The first-order valence-corrected chi connectivity index (χ1v) is 3.94. The molecule has 0 bridgehead atoms. The Kier molecular flexibility index (Phi) is 6.14. The minimum atomic E-state index is 1.19. The maximum absolute atomic E-state index is 4.04. The van der Waals surface area contributed by atoms with Gasteiger partial charge in [-0.15, -0.1) is 0 Å². The van der Waals surface area contributed by atoms with Crippen LogP contribution in [0.2, 0.25) is 0 Å². The number of rotatable bonds is 4. The monoisotopic (exact) mass is 139 g/mol. The lowest BCUT2D eigenvalue weighted by atomic mass is 10.1. The molecule has 0 aliphatic rings. The summed E-state index contributed by atoms with van der Waals surface area (Å²) < 4.78 is 0. The summed E-state index contributed by atoms with van der Waals surface area (Å²) in [6, 6.07) is 0. The average Bonchev–Trinajstić information content (AvgIpc) is 1.97. The standard InChI is InChI=1S/C9H17N/c1-4-6-7-9(3)8-10-5-2/h5,8H,4,6-7H2,1-3H3/b9-8+,10-5?. The quantitative estimate of drug-likeness (QED) is 0.530. The van der Waals surface area contributed by atoms with Crippen molar-refractivity contribution in [1.29, 1.82) is 0 Å². The van der Waals surface area contributed by atoms with E-state index in [0.29, 0.717) is 0 Å². The van der Waals surface area contributed by atoms with E-state index >= 15 is 0 Å². The van der Waals surface area contributed by atoms with E-state index in [1.165, 1.54) is 24.8 Å². The molecule has 0 N–H and O–H groups in total. The van der Waals surface area contributed by atoms with Gasteiger partial charge in [0, 0.05) is 12.4 Å². The van der Waals surface area contributed by atoms with Crippen molar-refractivity contribution in [3.05, 3.63) is 11.8 Å².